The summed E-state index contributed by atoms with van der Waals surface area (Å²) in [6.07, 6.45) is 0.951. The minimum Gasteiger partial charge on any atom is -0.480 e. The van der Waals surface area contributed by atoms with E-state index < -0.39 is 18.1 Å². The smallest absolute Gasteiger partial charge is 0.329 e. The first-order valence-corrected chi connectivity index (χ1v) is 4.11. The lowest BCUT2D eigenvalue weighted by Gasteiger charge is -2.18. The van der Waals surface area contributed by atoms with Crippen molar-refractivity contribution >= 4 is 12.3 Å². The average Bonchev–Trinajstić information content (AvgIpc) is 2.51. The fourth-order valence-electron chi connectivity index (χ4n) is 1.32. The van der Waals surface area contributed by atoms with Crippen LogP contribution in [0.4, 0.5) is 0 Å². The van der Waals surface area contributed by atoms with Crippen LogP contribution in [0.3, 0.4) is 0 Å². The van der Waals surface area contributed by atoms with Crippen LogP contribution >= 0.6 is 0 Å². The van der Waals surface area contributed by atoms with Crippen LogP contribution in [0.15, 0.2) is 18.3 Å². The van der Waals surface area contributed by atoms with Crippen LogP contribution in [0.2, 0.25) is 0 Å². The number of carboxylic acids is 1. The third-order valence-electron chi connectivity index (χ3n) is 1.94. The van der Waals surface area contributed by atoms with Crippen LogP contribution in [-0.4, -0.2) is 33.1 Å². The van der Waals surface area contributed by atoms with E-state index in [0.717, 1.165) is 0 Å². The zero-order valence-corrected chi connectivity index (χ0v) is 7.62. The van der Waals surface area contributed by atoms with Crippen LogP contribution in [0, 0.1) is 0 Å². The number of hydrogen-bond donors (Lipinski definition) is 2. The van der Waals surface area contributed by atoms with E-state index in [4.69, 9.17) is 5.11 Å². The number of aromatic nitrogens is 1. The summed E-state index contributed by atoms with van der Waals surface area (Å²) in [5.74, 6) is -1.17. The highest BCUT2D eigenvalue weighted by molar-refractivity contribution is 5.77. The Morgan fingerprint density at radius 2 is 2.29 bits per heavy atom. The summed E-state index contributed by atoms with van der Waals surface area (Å²) in [7, 11) is 0. The Morgan fingerprint density at radius 3 is 2.71 bits per heavy atom. The summed E-state index contributed by atoms with van der Waals surface area (Å²) in [5.41, 5.74) is 0.235. The molecule has 2 atom stereocenters. The van der Waals surface area contributed by atoms with Gasteiger partial charge >= 0.3 is 5.97 Å². The van der Waals surface area contributed by atoms with Crippen molar-refractivity contribution in [1.82, 2.24) is 4.57 Å². The molecular weight excluding hydrogens is 186 g/mol. The van der Waals surface area contributed by atoms with Crippen molar-refractivity contribution < 1.29 is 19.8 Å². The highest BCUT2D eigenvalue weighted by Gasteiger charge is 2.25. The molecule has 0 saturated carbocycles. The fourth-order valence-corrected chi connectivity index (χ4v) is 1.32. The summed E-state index contributed by atoms with van der Waals surface area (Å²) in [5, 5.41) is 18.1. The normalized spacial score (nSPS) is 14.7. The first-order valence-electron chi connectivity index (χ1n) is 4.11. The number of aliphatic hydroxyl groups excluding tert-OH is 1. The largest absolute Gasteiger partial charge is 0.480 e. The van der Waals surface area contributed by atoms with Gasteiger partial charge in [-0.2, -0.15) is 0 Å². The number of aliphatic hydroxyl groups is 1. The maximum atomic E-state index is 10.8. The van der Waals surface area contributed by atoms with Gasteiger partial charge in [0.1, 0.15) is 0 Å². The van der Waals surface area contributed by atoms with Gasteiger partial charge in [-0.15, -0.1) is 0 Å². The van der Waals surface area contributed by atoms with Gasteiger partial charge in [0.2, 0.25) is 0 Å². The SMILES string of the molecule is C[C@H](O)[C@H](C(=O)O)n1cccc1C=O. The molecule has 0 unspecified atom stereocenters. The molecule has 1 heterocycles. The van der Waals surface area contributed by atoms with Gasteiger partial charge in [-0.3, -0.25) is 4.79 Å². The average molecular weight is 197 g/mol. The fraction of sp³-hybridized carbons (Fsp3) is 0.333. The van der Waals surface area contributed by atoms with E-state index in [1.807, 2.05) is 0 Å². The number of carbonyl (C=O) groups excluding carboxylic acids is 1. The van der Waals surface area contributed by atoms with E-state index in [1.54, 1.807) is 6.07 Å². The molecule has 1 aromatic rings. The molecule has 0 aliphatic carbocycles. The summed E-state index contributed by atoms with van der Waals surface area (Å²) in [6.45, 7) is 1.37. The van der Waals surface area contributed by atoms with Crippen LogP contribution in [-0.2, 0) is 4.79 Å². The molecule has 14 heavy (non-hydrogen) atoms. The quantitative estimate of drug-likeness (QED) is 0.680. The Kier molecular flexibility index (Phi) is 3.03. The van der Waals surface area contributed by atoms with Gasteiger partial charge in [-0.1, -0.05) is 0 Å². The zero-order valence-electron chi connectivity index (χ0n) is 7.62. The summed E-state index contributed by atoms with van der Waals surface area (Å²) in [6, 6.07) is 1.93. The van der Waals surface area contributed by atoms with E-state index in [1.165, 1.54) is 23.8 Å². The lowest BCUT2D eigenvalue weighted by Crippen LogP contribution is -2.29. The van der Waals surface area contributed by atoms with Gasteiger partial charge in [-0.25, -0.2) is 4.79 Å². The third kappa shape index (κ3) is 1.82. The molecule has 5 nitrogen and oxygen atoms in total. The number of aldehydes is 1. The first kappa shape index (κ1) is 10.5. The van der Waals surface area contributed by atoms with Crippen molar-refractivity contribution in [2.45, 2.75) is 19.1 Å². The topological polar surface area (TPSA) is 79.5 Å². The van der Waals surface area contributed by atoms with Crippen molar-refractivity contribution in [3.63, 3.8) is 0 Å². The molecule has 5 heteroatoms. The molecule has 0 spiro atoms. The first-order chi connectivity index (χ1) is 6.57. The number of aliphatic carboxylic acids is 1. The Bertz CT molecular complexity index is 342. The second kappa shape index (κ2) is 4.06. The zero-order chi connectivity index (χ0) is 10.7. The molecule has 1 rings (SSSR count). The van der Waals surface area contributed by atoms with Crippen LogP contribution in [0.25, 0.3) is 0 Å². The van der Waals surface area contributed by atoms with E-state index in [-0.39, 0.29) is 5.69 Å². The molecule has 0 radical (unpaired) electrons. The van der Waals surface area contributed by atoms with Crippen molar-refractivity contribution in [3.05, 3.63) is 24.0 Å². The standard InChI is InChI=1S/C9H11NO4/c1-6(12)8(9(13)14)10-4-2-3-7(10)5-11/h2-6,8,12H,1H3,(H,13,14)/t6-,8+/m0/s1. The molecule has 0 saturated heterocycles. The summed E-state index contributed by atoms with van der Waals surface area (Å²) < 4.78 is 1.24. The van der Waals surface area contributed by atoms with Crippen molar-refractivity contribution in [1.29, 1.82) is 0 Å². The van der Waals surface area contributed by atoms with E-state index in [0.29, 0.717) is 6.29 Å². The second-order valence-corrected chi connectivity index (χ2v) is 2.98. The molecular formula is C9H11NO4. The van der Waals surface area contributed by atoms with Crippen LogP contribution in [0.1, 0.15) is 23.5 Å². The predicted octanol–water partition coefficient (Wildman–Crippen LogP) is 0.307. The number of nitrogens with zero attached hydrogens (tertiary/aromatic N) is 1. The number of rotatable bonds is 4. The Hall–Kier alpha value is -1.62. The van der Waals surface area contributed by atoms with Gasteiger partial charge in [0.15, 0.2) is 12.3 Å². The van der Waals surface area contributed by atoms with Gasteiger partial charge in [-0.05, 0) is 19.1 Å². The molecule has 0 aliphatic heterocycles. The Labute approximate surface area is 80.6 Å². The van der Waals surface area contributed by atoms with Crippen molar-refractivity contribution in [3.8, 4) is 0 Å². The highest BCUT2D eigenvalue weighted by Crippen LogP contribution is 2.15. The van der Waals surface area contributed by atoms with E-state index in [9.17, 15) is 14.7 Å². The van der Waals surface area contributed by atoms with Gasteiger partial charge < -0.3 is 14.8 Å². The number of hydrogen-bond acceptors (Lipinski definition) is 3. The van der Waals surface area contributed by atoms with E-state index >= 15 is 0 Å². The maximum absolute atomic E-state index is 10.8. The Balaban J connectivity index is 3.11. The number of carbonyl (C=O) groups is 2. The van der Waals surface area contributed by atoms with E-state index in [2.05, 4.69) is 0 Å². The molecule has 2 N–H and O–H groups in total. The monoisotopic (exact) mass is 197 g/mol. The third-order valence-corrected chi connectivity index (χ3v) is 1.94. The predicted molar refractivity (Wildman–Crippen MR) is 48.2 cm³/mol. The molecule has 1 aromatic heterocycles. The minimum atomic E-state index is -1.17. The lowest BCUT2D eigenvalue weighted by atomic mass is 10.2. The molecule has 0 aliphatic rings. The molecule has 0 aromatic carbocycles. The minimum absolute atomic E-state index is 0.235. The molecule has 0 bridgehead atoms. The van der Waals surface area contributed by atoms with Gasteiger partial charge in [0, 0.05) is 6.20 Å². The lowest BCUT2D eigenvalue weighted by molar-refractivity contribution is -0.144. The Morgan fingerprint density at radius 1 is 1.64 bits per heavy atom. The van der Waals surface area contributed by atoms with Crippen LogP contribution in [0.5, 0.6) is 0 Å². The number of carboxylic acid groups (broad SMARTS) is 1. The second-order valence-electron chi connectivity index (χ2n) is 2.98. The van der Waals surface area contributed by atoms with Gasteiger partial charge in [0.05, 0.1) is 11.8 Å². The van der Waals surface area contributed by atoms with Crippen molar-refractivity contribution in [2.24, 2.45) is 0 Å². The summed E-state index contributed by atoms with van der Waals surface area (Å²) >= 11 is 0. The molecule has 76 valence electrons. The molecule has 0 fully saturated rings. The van der Waals surface area contributed by atoms with Gasteiger partial charge in [0.25, 0.3) is 0 Å². The summed E-state index contributed by atoms with van der Waals surface area (Å²) in [4.78, 5) is 21.4. The molecule has 0 amide bonds. The highest BCUT2D eigenvalue weighted by atomic mass is 16.4. The maximum Gasteiger partial charge on any atom is 0.329 e. The van der Waals surface area contributed by atoms with Crippen molar-refractivity contribution in [2.75, 3.05) is 0 Å². The van der Waals surface area contributed by atoms with Crippen LogP contribution < -0.4 is 0 Å².